The molecule has 0 amide bonds. The van der Waals surface area contributed by atoms with Gasteiger partial charge in [-0.2, -0.15) is 0 Å². The van der Waals surface area contributed by atoms with Crippen molar-refractivity contribution < 1.29 is 34.1 Å². The van der Waals surface area contributed by atoms with Crippen LogP contribution in [0.3, 0.4) is 0 Å². The average molecular weight is 609 g/mol. The molecule has 0 bridgehead atoms. The van der Waals surface area contributed by atoms with Gasteiger partial charge < -0.3 is 29.8 Å². The van der Waals surface area contributed by atoms with Crippen LogP contribution < -0.4 is 5.32 Å². The van der Waals surface area contributed by atoms with Crippen molar-refractivity contribution in [3.63, 3.8) is 0 Å². The number of carbonyl (C=O) groups is 2. The Kier molecular flexibility index (Phi) is 12.3. The fourth-order valence-corrected chi connectivity index (χ4v) is 8.02. The quantitative estimate of drug-likeness (QED) is 0.304. The first-order valence-electron chi connectivity index (χ1n) is 16.8. The summed E-state index contributed by atoms with van der Waals surface area (Å²) in [7, 11) is 0. The van der Waals surface area contributed by atoms with Gasteiger partial charge in [-0.05, 0) is 90.5 Å². The van der Waals surface area contributed by atoms with E-state index in [-0.39, 0.29) is 48.4 Å². The molecule has 248 valence electrons. The van der Waals surface area contributed by atoms with E-state index in [1.165, 1.54) is 6.92 Å². The van der Waals surface area contributed by atoms with E-state index in [9.17, 15) is 19.8 Å². The van der Waals surface area contributed by atoms with E-state index >= 15 is 0 Å². The smallest absolute Gasteiger partial charge is 0.309 e. The molecule has 9 heteroatoms. The van der Waals surface area contributed by atoms with E-state index in [0.29, 0.717) is 24.6 Å². The summed E-state index contributed by atoms with van der Waals surface area (Å²) >= 11 is 0. The summed E-state index contributed by atoms with van der Waals surface area (Å²) in [5.41, 5.74) is -2.61. The summed E-state index contributed by atoms with van der Waals surface area (Å²) < 4.78 is 12.5. The summed E-state index contributed by atoms with van der Waals surface area (Å²) in [6, 6.07) is 0. The van der Waals surface area contributed by atoms with Gasteiger partial charge in [-0.25, -0.2) is 0 Å². The van der Waals surface area contributed by atoms with Crippen LogP contribution >= 0.6 is 0 Å². The molecule has 0 aromatic carbocycles. The maximum atomic E-state index is 14.0. The van der Waals surface area contributed by atoms with Crippen LogP contribution in [-0.2, 0) is 23.9 Å². The first kappa shape index (κ1) is 35.9. The van der Waals surface area contributed by atoms with Crippen LogP contribution in [0.4, 0.5) is 0 Å². The number of Topliss-reactive ketones (excluding diaryl/α,β-unsaturated/α-hetero) is 1. The van der Waals surface area contributed by atoms with Crippen LogP contribution in [0, 0.1) is 41.4 Å². The van der Waals surface area contributed by atoms with Crippen LogP contribution in [0.2, 0.25) is 0 Å². The largest absolute Gasteiger partial charge is 0.459 e. The summed E-state index contributed by atoms with van der Waals surface area (Å²) in [5.74, 6) is -2.74. The molecule has 0 radical (unpaired) electrons. The highest BCUT2D eigenvalue weighted by molar-refractivity contribution is 6.08. The number of nitrogens with one attached hydrogen (secondary N) is 1. The molecule has 0 spiro atoms. The Morgan fingerprint density at radius 1 is 1.05 bits per heavy atom. The van der Waals surface area contributed by atoms with Crippen LogP contribution in [0.25, 0.3) is 0 Å². The fourth-order valence-electron chi connectivity index (χ4n) is 8.02. The van der Waals surface area contributed by atoms with Gasteiger partial charge >= 0.3 is 5.97 Å². The molecule has 3 heterocycles. The second kappa shape index (κ2) is 14.7. The highest BCUT2D eigenvalue weighted by Gasteiger charge is 2.50. The number of ketones is 1. The highest BCUT2D eigenvalue weighted by atomic mass is 16.6. The zero-order valence-electron chi connectivity index (χ0n) is 28.4. The highest BCUT2D eigenvalue weighted by Crippen LogP contribution is 2.43. The number of aliphatic hydroxyl groups is 2. The molecule has 3 rings (SSSR count). The number of esters is 1. The molecule has 3 saturated heterocycles. The zero-order valence-corrected chi connectivity index (χ0v) is 28.4. The van der Waals surface area contributed by atoms with Gasteiger partial charge in [0.05, 0.1) is 35.4 Å². The molecular formula is C34H60N2O7. The van der Waals surface area contributed by atoms with Crippen molar-refractivity contribution in [2.75, 3.05) is 13.1 Å². The number of ether oxygens (including phenoxy) is 2. The van der Waals surface area contributed by atoms with E-state index < -0.39 is 40.9 Å². The SMILES string of the molecule is CC[C@H]1OC(=O)[C@H](C)C([C@H]2C[C@H](C)C[C@H](C)O2)[C@H](C)[C@@H](C)[C@](C)(O)C[C@@H](C)/C(=N\O[C@@H]2CCCNC2)[C@H](C)C(=O)[C@]1(C)O. The Morgan fingerprint density at radius 3 is 2.30 bits per heavy atom. The zero-order chi connectivity index (χ0) is 32.3. The molecule has 3 aliphatic rings. The monoisotopic (exact) mass is 608 g/mol. The van der Waals surface area contributed by atoms with Gasteiger partial charge in [0.2, 0.25) is 0 Å². The third-order valence-corrected chi connectivity index (χ3v) is 10.9. The molecular weight excluding hydrogens is 548 g/mol. The number of hydrogen-bond acceptors (Lipinski definition) is 9. The number of cyclic esters (lactones) is 1. The summed E-state index contributed by atoms with van der Waals surface area (Å²) in [5, 5.41) is 31.6. The molecule has 3 N–H and O–H groups in total. The Hall–Kier alpha value is -1.55. The van der Waals surface area contributed by atoms with Crippen LogP contribution in [-0.4, -0.2) is 76.4 Å². The van der Waals surface area contributed by atoms with Gasteiger partial charge in [-0.3, -0.25) is 9.59 Å². The van der Waals surface area contributed by atoms with Crippen LogP contribution in [0.15, 0.2) is 5.16 Å². The van der Waals surface area contributed by atoms with Crippen molar-refractivity contribution in [1.82, 2.24) is 5.32 Å². The Balaban J connectivity index is 2.07. The predicted octanol–water partition coefficient (Wildman–Crippen LogP) is 4.91. The van der Waals surface area contributed by atoms with Gasteiger partial charge in [0.25, 0.3) is 0 Å². The maximum absolute atomic E-state index is 14.0. The van der Waals surface area contributed by atoms with E-state index in [4.69, 9.17) is 14.3 Å². The summed E-state index contributed by atoms with van der Waals surface area (Å²) in [6.45, 7) is 20.7. The van der Waals surface area contributed by atoms with E-state index in [1.807, 2.05) is 34.6 Å². The standard InChI is InChI=1S/C34H60N2O7/c1-11-28-34(10,40)31(37)24(7)30(36-43-26-13-12-14-35-18-26)20(3)17-33(9,39)25(8)22(5)29(23(6)32(38)42-28)27-16-19(2)15-21(4)41-27/h19-29,35,39-40H,11-18H2,1-10H3/b36-30+/t19-,20-,21+,22-,23-,24+,25-,26-,27-,28-,29?,33-,34-/m1/s1. The van der Waals surface area contributed by atoms with E-state index in [2.05, 4.69) is 31.2 Å². The number of rotatable bonds is 4. The fraction of sp³-hybridized carbons (Fsp3) is 0.912. The lowest BCUT2D eigenvalue weighted by molar-refractivity contribution is -0.182. The molecule has 3 fully saturated rings. The minimum Gasteiger partial charge on any atom is -0.459 e. The summed E-state index contributed by atoms with van der Waals surface area (Å²) in [6.07, 6.45) is 2.96. The third-order valence-electron chi connectivity index (χ3n) is 10.9. The molecule has 0 aromatic heterocycles. The molecule has 0 aromatic rings. The lowest BCUT2D eigenvalue weighted by atomic mass is 9.65. The average Bonchev–Trinajstić information content (AvgIpc) is 2.94. The van der Waals surface area contributed by atoms with Crippen LogP contribution in [0.5, 0.6) is 0 Å². The minimum absolute atomic E-state index is 0.0643. The van der Waals surface area contributed by atoms with Crippen molar-refractivity contribution in [3.8, 4) is 0 Å². The van der Waals surface area contributed by atoms with E-state index in [0.717, 1.165) is 32.2 Å². The molecule has 0 saturated carbocycles. The first-order chi connectivity index (χ1) is 20.0. The lowest BCUT2D eigenvalue weighted by Gasteiger charge is -2.46. The molecule has 3 aliphatic heterocycles. The molecule has 13 atom stereocenters. The Bertz CT molecular complexity index is 966. The number of carbonyl (C=O) groups excluding carboxylic acids is 2. The minimum atomic E-state index is -1.94. The van der Waals surface area contributed by atoms with Gasteiger partial charge in [-0.1, -0.05) is 46.7 Å². The second-order valence-corrected chi connectivity index (χ2v) is 14.7. The number of oxime groups is 1. The molecule has 43 heavy (non-hydrogen) atoms. The molecule has 0 aliphatic carbocycles. The molecule has 9 nitrogen and oxygen atoms in total. The molecule has 1 unspecified atom stereocenters. The van der Waals surface area contributed by atoms with Gasteiger partial charge in [0, 0.05) is 18.4 Å². The lowest BCUT2D eigenvalue weighted by Crippen LogP contribution is -2.54. The number of piperidine rings is 1. The van der Waals surface area contributed by atoms with Crippen molar-refractivity contribution >= 4 is 17.5 Å². The second-order valence-electron chi connectivity index (χ2n) is 14.7. The normalized spacial score (nSPS) is 47.1. The maximum Gasteiger partial charge on any atom is 0.309 e. The Morgan fingerprint density at radius 2 is 1.72 bits per heavy atom. The van der Waals surface area contributed by atoms with Gasteiger partial charge in [-0.15, -0.1) is 0 Å². The first-order valence-corrected chi connectivity index (χ1v) is 16.8. The van der Waals surface area contributed by atoms with Crippen molar-refractivity contribution in [3.05, 3.63) is 0 Å². The summed E-state index contributed by atoms with van der Waals surface area (Å²) in [4.78, 5) is 33.8. The van der Waals surface area contributed by atoms with Crippen molar-refractivity contribution in [2.24, 2.45) is 46.6 Å². The Labute approximate surface area is 259 Å². The number of nitrogens with zero attached hydrogens (tertiary/aromatic N) is 1. The van der Waals surface area contributed by atoms with Crippen LogP contribution in [0.1, 0.15) is 108 Å². The number of hydrogen-bond donors (Lipinski definition) is 3. The van der Waals surface area contributed by atoms with Gasteiger partial charge in [0.15, 0.2) is 11.4 Å². The van der Waals surface area contributed by atoms with E-state index in [1.54, 1.807) is 6.92 Å². The van der Waals surface area contributed by atoms with Gasteiger partial charge in [0.1, 0.15) is 12.2 Å². The van der Waals surface area contributed by atoms with Crippen molar-refractivity contribution in [2.45, 2.75) is 143 Å². The topological polar surface area (TPSA) is 127 Å². The third kappa shape index (κ3) is 8.39. The van der Waals surface area contributed by atoms with Crippen molar-refractivity contribution in [1.29, 1.82) is 0 Å². The predicted molar refractivity (Wildman–Crippen MR) is 167 cm³/mol.